The average Bonchev–Trinajstić information content (AvgIpc) is 3.22. The first-order valence-electron chi connectivity index (χ1n) is 8.93. The van der Waals surface area contributed by atoms with Crippen molar-refractivity contribution in [2.45, 2.75) is 37.2 Å². The van der Waals surface area contributed by atoms with E-state index in [2.05, 4.69) is 5.32 Å². The lowest BCUT2D eigenvalue weighted by Crippen LogP contribution is -2.36. The van der Waals surface area contributed by atoms with E-state index in [1.165, 1.54) is 27.2 Å². The van der Waals surface area contributed by atoms with E-state index >= 15 is 0 Å². The van der Waals surface area contributed by atoms with E-state index in [1.54, 1.807) is 6.92 Å². The Bertz CT molecular complexity index is 964. The minimum atomic E-state index is -3.65. The van der Waals surface area contributed by atoms with Crippen molar-refractivity contribution in [3.8, 4) is 0 Å². The van der Waals surface area contributed by atoms with Gasteiger partial charge in [0.2, 0.25) is 15.9 Å². The van der Waals surface area contributed by atoms with Crippen molar-refractivity contribution in [3.05, 3.63) is 64.6 Å². The average molecular weight is 389 g/mol. The molecule has 1 saturated heterocycles. The van der Waals surface area contributed by atoms with Crippen molar-refractivity contribution in [2.75, 3.05) is 13.1 Å². The summed E-state index contributed by atoms with van der Waals surface area (Å²) < 4.78 is 28.0. The quantitative estimate of drug-likeness (QED) is 0.811. The van der Waals surface area contributed by atoms with Gasteiger partial charge >= 0.3 is 0 Å². The van der Waals surface area contributed by atoms with Gasteiger partial charge in [0.15, 0.2) is 0 Å². The number of nitrogens with zero attached hydrogens (tertiary/aromatic N) is 2. The van der Waals surface area contributed by atoms with Crippen LogP contribution < -0.4 is 10.9 Å². The highest BCUT2D eigenvalue weighted by Crippen LogP contribution is 2.20. The lowest BCUT2D eigenvalue weighted by atomic mass is 10.2. The van der Waals surface area contributed by atoms with E-state index in [0.29, 0.717) is 19.6 Å². The Morgan fingerprint density at radius 1 is 1.11 bits per heavy atom. The van der Waals surface area contributed by atoms with Gasteiger partial charge in [0.05, 0.1) is 4.90 Å². The summed E-state index contributed by atoms with van der Waals surface area (Å²) in [6, 6.07) is 11.1. The predicted octanol–water partition coefficient (Wildman–Crippen LogP) is 1.51. The zero-order chi connectivity index (χ0) is 19.4. The summed E-state index contributed by atoms with van der Waals surface area (Å²) in [6.45, 7) is 2.88. The van der Waals surface area contributed by atoms with E-state index < -0.39 is 21.6 Å². The highest BCUT2D eigenvalue weighted by Gasteiger charge is 2.28. The van der Waals surface area contributed by atoms with Gasteiger partial charge in [0, 0.05) is 31.9 Å². The second-order valence-electron chi connectivity index (χ2n) is 6.60. The van der Waals surface area contributed by atoms with E-state index in [-0.39, 0.29) is 10.8 Å². The van der Waals surface area contributed by atoms with Gasteiger partial charge in [-0.15, -0.1) is 0 Å². The number of nitrogens with one attached hydrogen (secondary N) is 1. The van der Waals surface area contributed by atoms with Gasteiger partial charge in [-0.3, -0.25) is 9.59 Å². The van der Waals surface area contributed by atoms with Crippen LogP contribution in [-0.4, -0.2) is 36.3 Å². The van der Waals surface area contributed by atoms with Crippen molar-refractivity contribution in [1.29, 1.82) is 0 Å². The summed E-state index contributed by atoms with van der Waals surface area (Å²) in [4.78, 5) is 24.7. The molecule has 7 nitrogen and oxygen atoms in total. The molecule has 0 radical (unpaired) electrons. The molecule has 2 heterocycles. The van der Waals surface area contributed by atoms with Crippen LogP contribution in [0.5, 0.6) is 0 Å². The van der Waals surface area contributed by atoms with Crippen molar-refractivity contribution in [2.24, 2.45) is 0 Å². The molecular weight excluding hydrogens is 366 g/mol. The first-order valence-corrected chi connectivity index (χ1v) is 10.4. The zero-order valence-electron chi connectivity index (χ0n) is 15.2. The van der Waals surface area contributed by atoms with Crippen LogP contribution in [-0.2, 0) is 21.4 Å². The molecule has 0 spiro atoms. The van der Waals surface area contributed by atoms with Crippen LogP contribution in [0.2, 0.25) is 0 Å². The molecule has 1 fully saturated rings. The third-order valence-electron chi connectivity index (χ3n) is 4.72. The van der Waals surface area contributed by atoms with Gasteiger partial charge in [-0.05, 0) is 31.4 Å². The van der Waals surface area contributed by atoms with Gasteiger partial charge < -0.3 is 9.88 Å². The molecular formula is C19H23N3O4S. The maximum absolute atomic E-state index is 12.7. The Morgan fingerprint density at radius 2 is 1.78 bits per heavy atom. The number of carbonyl (C=O) groups excluding carboxylic acids is 1. The minimum absolute atomic E-state index is 0.0340. The Labute approximate surface area is 158 Å². The van der Waals surface area contributed by atoms with Crippen LogP contribution in [0.4, 0.5) is 0 Å². The molecule has 1 aromatic carbocycles. The third kappa shape index (κ3) is 4.28. The van der Waals surface area contributed by atoms with Gasteiger partial charge in [-0.2, -0.15) is 4.31 Å². The normalized spacial score (nSPS) is 16.2. The van der Waals surface area contributed by atoms with E-state index in [1.807, 2.05) is 30.3 Å². The summed E-state index contributed by atoms with van der Waals surface area (Å²) in [6.07, 6.45) is 2.93. The maximum Gasteiger partial charge on any atom is 0.251 e. The summed E-state index contributed by atoms with van der Waals surface area (Å²) in [5.74, 6) is -0.350. The largest absolute Gasteiger partial charge is 0.350 e. The van der Waals surface area contributed by atoms with Crippen molar-refractivity contribution < 1.29 is 13.2 Å². The molecule has 1 aliphatic heterocycles. The molecule has 3 rings (SSSR count). The SMILES string of the molecule is CC(C(=O)NCc1ccccc1)n1cc(S(=O)(=O)N2CCCC2)ccc1=O. The summed E-state index contributed by atoms with van der Waals surface area (Å²) >= 11 is 0. The molecule has 27 heavy (non-hydrogen) atoms. The fourth-order valence-electron chi connectivity index (χ4n) is 3.08. The second kappa shape index (κ2) is 8.06. The van der Waals surface area contributed by atoms with Crippen molar-refractivity contribution in [3.63, 3.8) is 0 Å². The van der Waals surface area contributed by atoms with Crippen LogP contribution >= 0.6 is 0 Å². The Balaban J connectivity index is 1.79. The van der Waals surface area contributed by atoms with Crippen LogP contribution in [0.3, 0.4) is 0 Å². The topological polar surface area (TPSA) is 88.5 Å². The standard InChI is InChI=1S/C19H23N3O4S/c1-15(19(24)20-13-16-7-3-2-4-8-16)22-14-17(9-10-18(22)23)27(25,26)21-11-5-6-12-21/h2-4,7-10,14-15H,5-6,11-13H2,1H3,(H,20,24). The molecule has 1 aromatic heterocycles. The highest BCUT2D eigenvalue weighted by atomic mass is 32.2. The molecule has 144 valence electrons. The highest BCUT2D eigenvalue weighted by molar-refractivity contribution is 7.89. The number of hydrogen-bond donors (Lipinski definition) is 1. The number of sulfonamides is 1. The molecule has 1 atom stereocenters. The summed E-state index contributed by atoms with van der Waals surface area (Å²) in [5.41, 5.74) is 0.522. The molecule has 0 bridgehead atoms. The first kappa shape index (κ1) is 19.3. The molecule has 1 N–H and O–H groups in total. The number of benzene rings is 1. The molecule has 1 amide bonds. The van der Waals surface area contributed by atoms with Gasteiger partial charge in [0.1, 0.15) is 6.04 Å². The number of rotatable bonds is 6. The lowest BCUT2D eigenvalue weighted by Gasteiger charge is -2.19. The molecule has 2 aromatic rings. The van der Waals surface area contributed by atoms with E-state index in [9.17, 15) is 18.0 Å². The van der Waals surface area contributed by atoms with Crippen molar-refractivity contribution in [1.82, 2.24) is 14.2 Å². The lowest BCUT2D eigenvalue weighted by molar-refractivity contribution is -0.124. The van der Waals surface area contributed by atoms with Crippen molar-refractivity contribution >= 4 is 15.9 Å². The molecule has 0 saturated carbocycles. The summed E-state index contributed by atoms with van der Waals surface area (Å²) in [5, 5.41) is 2.78. The minimum Gasteiger partial charge on any atom is -0.350 e. The van der Waals surface area contributed by atoms with Gasteiger partial charge in [0.25, 0.3) is 5.56 Å². The van der Waals surface area contributed by atoms with Gasteiger partial charge in [-0.25, -0.2) is 8.42 Å². The van der Waals surface area contributed by atoms with E-state index in [4.69, 9.17) is 0 Å². The number of pyridine rings is 1. The molecule has 0 aliphatic carbocycles. The molecule has 1 unspecified atom stereocenters. The van der Waals surface area contributed by atoms with Crippen LogP contribution in [0.25, 0.3) is 0 Å². The van der Waals surface area contributed by atoms with Crippen LogP contribution in [0.1, 0.15) is 31.4 Å². The second-order valence-corrected chi connectivity index (χ2v) is 8.54. The number of hydrogen-bond acceptors (Lipinski definition) is 4. The summed E-state index contributed by atoms with van der Waals surface area (Å²) in [7, 11) is -3.65. The monoisotopic (exact) mass is 389 g/mol. The van der Waals surface area contributed by atoms with Gasteiger partial charge in [-0.1, -0.05) is 30.3 Å². The fraction of sp³-hybridized carbons (Fsp3) is 0.368. The van der Waals surface area contributed by atoms with E-state index in [0.717, 1.165) is 18.4 Å². The maximum atomic E-state index is 12.7. The Kier molecular flexibility index (Phi) is 5.76. The molecule has 1 aliphatic rings. The third-order valence-corrected chi connectivity index (χ3v) is 6.60. The van der Waals surface area contributed by atoms with Crippen LogP contribution in [0.15, 0.2) is 58.4 Å². The Morgan fingerprint density at radius 3 is 2.44 bits per heavy atom. The first-order chi connectivity index (χ1) is 12.9. The Hall–Kier alpha value is -2.45. The smallest absolute Gasteiger partial charge is 0.251 e. The fourth-order valence-corrected chi connectivity index (χ4v) is 4.60. The number of aromatic nitrogens is 1. The predicted molar refractivity (Wildman–Crippen MR) is 102 cm³/mol. The number of carbonyl (C=O) groups is 1. The number of amides is 1. The molecule has 8 heteroatoms. The zero-order valence-corrected chi connectivity index (χ0v) is 16.0. The van der Waals surface area contributed by atoms with Crippen LogP contribution in [0, 0.1) is 0 Å².